The number of halogens is 2. The van der Waals surface area contributed by atoms with Gasteiger partial charge < -0.3 is 9.84 Å². The van der Waals surface area contributed by atoms with Gasteiger partial charge in [0, 0.05) is 10.9 Å². The van der Waals surface area contributed by atoms with E-state index in [1.807, 2.05) is 0 Å². The van der Waals surface area contributed by atoms with Crippen LogP contribution in [-0.2, 0) is 6.61 Å². The van der Waals surface area contributed by atoms with E-state index in [1.54, 1.807) is 6.07 Å². The molecule has 1 aromatic heterocycles. The molecule has 0 spiro atoms. The van der Waals surface area contributed by atoms with Crippen molar-refractivity contribution in [2.45, 2.75) is 6.61 Å². The molecule has 0 amide bonds. The Kier molecular flexibility index (Phi) is 3.57. The van der Waals surface area contributed by atoms with E-state index in [0.29, 0.717) is 4.88 Å². The van der Waals surface area contributed by atoms with Crippen molar-refractivity contribution in [2.75, 3.05) is 0 Å². The highest BCUT2D eigenvalue weighted by atomic mass is 32.1. The summed E-state index contributed by atoms with van der Waals surface area (Å²) in [6.45, 7) is -0.00167. The van der Waals surface area contributed by atoms with Crippen molar-refractivity contribution in [1.82, 2.24) is 0 Å². The van der Waals surface area contributed by atoms with Crippen molar-refractivity contribution >= 4 is 17.3 Å². The van der Waals surface area contributed by atoms with Crippen molar-refractivity contribution < 1.29 is 23.4 Å². The SMILES string of the molecule is O=C(O)c1ccc(COc2cc(F)ccc2F)s1. The number of carboxylic acid groups (broad SMARTS) is 1. The van der Waals surface area contributed by atoms with Crippen LogP contribution in [0.25, 0.3) is 0 Å². The van der Waals surface area contributed by atoms with E-state index in [1.165, 1.54) is 6.07 Å². The number of ether oxygens (including phenoxy) is 1. The van der Waals surface area contributed by atoms with Crippen LogP contribution in [0.3, 0.4) is 0 Å². The summed E-state index contributed by atoms with van der Waals surface area (Å²) in [6, 6.07) is 5.93. The topological polar surface area (TPSA) is 46.5 Å². The number of carboxylic acids is 1. The Morgan fingerprint density at radius 3 is 2.72 bits per heavy atom. The summed E-state index contributed by atoms with van der Waals surface area (Å²) in [4.78, 5) is 11.4. The van der Waals surface area contributed by atoms with Crippen molar-refractivity contribution in [3.63, 3.8) is 0 Å². The minimum absolute atomic E-state index is 0.00167. The standard InChI is InChI=1S/C12H8F2O3S/c13-7-1-3-9(14)10(5-7)17-6-8-2-4-11(18-8)12(15)16/h1-5H,6H2,(H,15,16). The van der Waals surface area contributed by atoms with Crippen molar-refractivity contribution in [1.29, 1.82) is 0 Å². The van der Waals surface area contributed by atoms with E-state index in [2.05, 4.69) is 0 Å². The zero-order valence-electron chi connectivity index (χ0n) is 9.02. The molecule has 6 heteroatoms. The van der Waals surface area contributed by atoms with E-state index >= 15 is 0 Å². The predicted molar refractivity (Wildman–Crippen MR) is 62.0 cm³/mol. The average Bonchev–Trinajstić information content (AvgIpc) is 2.79. The third-order valence-corrected chi connectivity index (χ3v) is 3.18. The van der Waals surface area contributed by atoms with Gasteiger partial charge in [-0.25, -0.2) is 13.6 Å². The zero-order chi connectivity index (χ0) is 13.1. The van der Waals surface area contributed by atoms with Gasteiger partial charge in [0.05, 0.1) is 0 Å². The lowest BCUT2D eigenvalue weighted by molar-refractivity contribution is 0.0702. The summed E-state index contributed by atoms with van der Waals surface area (Å²) in [6.07, 6.45) is 0. The maximum Gasteiger partial charge on any atom is 0.345 e. The van der Waals surface area contributed by atoms with Crippen LogP contribution in [0.15, 0.2) is 30.3 Å². The second-order valence-corrected chi connectivity index (χ2v) is 4.60. The predicted octanol–water partition coefficient (Wildman–Crippen LogP) is 3.30. The molecule has 3 nitrogen and oxygen atoms in total. The Hall–Kier alpha value is -1.95. The smallest absolute Gasteiger partial charge is 0.345 e. The number of benzene rings is 1. The minimum atomic E-state index is -1.02. The maximum absolute atomic E-state index is 13.2. The van der Waals surface area contributed by atoms with Crippen LogP contribution in [0.5, 0.6) is 5.75 Å². The Balaban J connectivity index is 2.06. The Bertz CT molecular complexity index is 580. The fraction of sp³-hybridized carbons (Fsp3) is 0.0833. The summed E-state index contributed by atoms with van der Waals surface area (Å²) in [5.41, 5.74) is 0. The summed E-state index contributed by atoms with van der Waals surface area (Å²) in [5.74, 6) is -2.47. The summed E-state index contributed by atoms with van der Waals surface area (Å²) in [7, 11) is 0. The molecule has 1 aromatic carbocycles. The molecule has 0 bridgehead atoms. The molecule has 0 fully saturated rings. The Morgan fingerprint density at radius 2 is 2.06 bits per heavy atom. The van der Waals surface area contributed by atoms with Gasteiger partial charge in [-0.3, -0.25) is 0 Å². The fourth-order valence-corrected chi connectivity index (χ4v) is 2.07. The van der Waals surface area contributed by atoms with Gasteiger partial charge in [0.15, 0.2) is 11.6 Å². The molecular weight excluding hydrogens is 262 g/mol. The minimum Gasteiger partial charge on any atom is -0.485 e. The first-order valence-electron chi connectivity index (χ1n) is 4.96. The molecule has 0 unspecified atom stereocenters. The van der Waals surface area contributed by atoms with Crippen molar-refractivity contribution in [2.24, 2.45) is 0 Å². The molecule has 0 atom stereocenters. The van der Waals surface area contributed by atoms with Crippen molar-refractivity contribution in [3.8, 4) is 5.75 Å². The molecule has 0 aliphatic rings. The molecule has 0 aliphatic heterocycles. The number of aromatic carboxylic acids is 1. The lowest BCUT2D eigenvalue weighted by atomic mass is 10.3. The Labute approximate surface area is 105 Å². The third kappa shape index (κ3) is 2.84. The highest BCUT2D eigenvalue weighted by molar-refractivity contribution is 7.13. The molecule has 2 aromatic rings. The fourth-order valence-electron chi connectivity index (χ4n) is 1.31. The lowest BCUT2D eigenvalue weighted by Gasteiger charge is -2.05. The molecule has 0 radical (unpaired) electrons. The monoisotopic (exact) mass is 270 g/mol. The molecule has 2 rings (SSSR count). The number of hydrogen-bond donors (Lipinski definition) is 1. The Morgan fingerprint density at radius 1 is 1.28 bits per heavy atom. The summed E-state index contributed by atoms with van der Waals surface area (Å²) < 4.78 is 31.2. The van der Waals surface area contributed by atoms with Gasteiger partial charge in [-0.1, -0.05) is 0 Å². The summed E-state index contributed by atoms with van der Waals surface area (Å²) >= 11 is 1.03. The first kappa shape index (κ1) is 12.5. The highest BCUT2D eigenvalue weighted by Crippen LogP contribution is 2.22. The number of hydrogen-bond acceptors (Lipinski definition) is 3. The first-order chi connectivity index (χ1) is 8.56. The normalized spacial score (nSPS) is 10.3. The number of rotatable bonds is 4. The number of thiophene rings is 1. The summed E-state index contributed by atoms with van der Waals surface area (Å²) in [5, 5.41) is 8.72. The van der Waals surface area contributed by atoms with Gasteiger partial charge in [0.2, 0.25) is 0 Å². The highest BCUT2D eigenvalue weighted by Gasteiger charge is 2.09. The average molecular weight is 270 g/mol. The van der Waals surface area contributed by atoms with E-state index < -0.39 is 17.6 Å². The van der Waals surface area contributed by atoms with Crippen LogP contribution < -0.4 is 4.74 Å². The van der Waals surface area contributed by atoms with Crippen LogP contribution in [0.1, 0.15) is 14.5 Å². The molecule has 0 aliphatic carbocycles. The lowest BCUT2D eigenvalue weighted by Crippen LogP contribution is -1.96. The molecular formula is C12H8F2O3S. The molecule has 0 saturated heterocycles. The van der Waals surface area contributed by atoms with Gasteiger partial charge in [0.25, 0.3) is 0 Å². The van der Waals surface area contributed by atoms with Gasteiger partial charge >= 0.3 is 5.97 Å². The second kappa shape index (κ2) is 5.14. The van der Waals surface area contributed by atoms with E-state index in [0.717, 1.165) is 29.5 Å². The van der Waals surface area contributed by atoms with Crippen LogP contribution in [0, 0.1) is 11.6 Å². The van der Waals surface area contributed by atoms with Crippen LogP contribution in [0.2, 0.25) is 0 Å². The van der Waals surface area contributed by atoms with Crippen LogP contribution in [-0.4, -0.2) is 11.1 Å². The molecule has 1 N–H and O–H groups in total. The second-order valence-electron chi connectivity index (χ2n) is 3.43. The van der Waals surface area contributed by atoms with Crippen molar-refractivity contribution in [3.05, 3.63) is 51.7 Å². The van der Waals surface area contributed by atoms with E-state index in [9.17, 15) is 13.6 Å². The van der Waals surface area contributed by atoms with Crippen LogP contribution >= 0.6 is 11.3 Å². The van der Waals surface area contributed by atoms with Gasteiger partial charge in [-0.2, -0.15) is 0 Å². The largest absolute Gasteiger partial charge is 0.485 e. The molecule has 18 heavy (non-hydrogen) atoms. The quantitative estimate of drug-likeness (QED) is 0.927. The first-order valence-corrected chi connectivity index (χ1v) is 5.78. The molecule has 94 valence electrons. The molecule has 1 heterocycles. The molecule has 0 saturated carbocycles. The maximum atomic E-state index is 13.2. The van der Waals surface area contributed by atoms with Crippen LogP contribution in [0.4, 0.5) is 8.78 Å². The van der Waals surface area contributed by atoms with E-state index in [-0.39, 0.29) is 17.2 Å². The third-order valence-electron chi connectivity index (χ3n) is 2.14. The van der Waals surface area contributed by atoms with Gasteiger partial charge in [-0.15, -0.1) is 11.3 Å². The van der Waals surface area contributed by atoms with E-state index in [4.69, 9.17) is 9.84 Å². The van der Waals surface area contributed by atoms with Gasteiger partial charge in [0.1, 0.15) is 17.3 Å². The zero-order valence-corrected chi connectivity index (χ0v) is 9.84. The van der Waals surface area contributed by atoms with Gasteiger partial charge in [-0.05, 0) is 24.3 Å². The number of carbonyl (C=O) groups is 1.